The van der Waals surface area contributed by atoms with Crippen LogP contribution in [0.2, 0.25) is 0 Å². The minimum Gasteiger partial charge on any atom is -0.487 e. The number of pyridine rings is 2. The number of carboxylic acids is 1. The molecule has 0 aliphatic carbocycles. The topological polar surface area (TPSA) is 72.3 Å². The number of benzene rings is 2. The van der Waals surface area contributed by atoms with Gasteiger partial charge in [0.15, 0.2) is 11.6 Å². The van der Waals surface area contributed by atoms with E-state index in [-0.39, 0.29) is 11.7 Å². The number of hydrogen-bond donors (Lipinski definition) is 1. The zero-order chi connectivity index (χ0) is 24.4. The predicted molar refractivity (Wildman–Crippen MR) is 132 cm³/mol. The molecule has 176 valence electrons. The van der Waals surface area contributed by atoms with Gasteiger partial charge in [0.05, 0.1) is 28.6 Å². The van der Waals surface area contributed by atoms with E-state index in [9.17, 15) is 13.6 Å². The van der Waals surface area contributed by atoms with Crippen LogP contribution < -0.4 is 4.74 Å². The summed E-state index contributed by atoms with van der Waals surface area (Å²) in [5.74, 6) is -1.49. The Hall–Kier alpha value is -3.78. The van der Waals surface area contributed by atoms with Gasteiger partial charge < -0.3 is 9.84 Å². The van der Waals surface area contributed by atoms with Crippen LogP contribution in [-0.2, 0) is 11.4 Å². The molecular weight excluding hydrogens is 470 g/mol. The van der Waals surface area contributed by atoms with Crippen molar-refractivity contribution in [1.82, 2.24) is 9.97 Å². The summed E-state index contributed by atoms with van der Waals surface area (Å²) in [5.41, 5.74) is 4.66. The van der Waals surface area contributed by atoms with Gasteiger partial charge in [0.25, 0.3) is 0 Å². The molecule has 5 nitrogen and oxygen atoms in total. The highest BCUT2D eigenvalue weighted by atomic mass is 32.2. The number of nitrogens with zero attached hydrogens (tertiary/aromatic N) is 2. The molecule has 0 radical (unpaired) electrons. The number of ether oxygens (including phenoxy) is 1. The molecule has 3 heterocycles. The van der Waals surface area contributed by atoms with Crippen molar-refractivity contribution >= 4 is 40.8 Å². The van der Waals surface area contributed by atoms with Crippen molar-refractivity contribution in [3.05, 3.63) is 101 Å². The fourth-order valence-corrected chi connectivity index (χ4v) is 5.27. The van der Waals surface area contributed by atoms with Gasteiger partial charge in [-0.05, 0) is 47.5 Å². The second kappa shape index (κ2) is 9.84. The first kappa shape index (κ1) is 23.0. The Bertz CT molecular complexity index is 1460. The molecule has 1 unspecified atom stereocenters. The standard InChI is InChI=1S/C27H20F2N2O3S/c28-21-13-17-5-7-18(31-23(17)14-22(21)29)6-3-16-4-8-25-20(12-16)27(35-11-9-26(32)33)19-2-1-10-30-24(19)15-34-25/h1-8,10,12-14,27H,9,11,15H2,(H,32,33)/b6-3+. The lowest BCUT2D eigenvalue weighted by molar-refractivity contribution is -0.136. The minimum atomic E-state index is -0.932. The number of thioether (sulfide) groups is 1. The molecule has 0 saturated heterocycles. The Balaban J connectivity index is 1.47. The third-order valence-electron chi connectivity index (χ3n) is 5.69. The van der Waals surface area contributed by atoms with Crippen molar-refractivity contribution in [2.24, 2.45) is 0 Å². The third-order valence-corrected chi connectivity index (χ3v) is 6.97. The number of aliphatic carboxylic acids is 1. The molecule has 1 N–H and O–H groups in total. The maximum atomic E-state index is 13.6. The van der Waals surface area contributed by atoms with Gasteiger partial charge in [-0.2, -0.15) is 0 Å². The van der Waals surface area contributed by atoms with E-state index in [1.807, 2.05) is 42.5 Å². The molecule has 1 atom stereocenters. The monoisotopic (exact) mass is 490 g/mol. The van der Waals surface area contributed by atoms with Gasteiger partial charge in [0.2, 0.25) is 0 Å². The number of hydrogen-bond acceptors (Lipinski definition) is 5. The molecule has 1 aliphatic rings. The van der Waals surface area contributed by atoms with Gasteiger partial charge in [0.1, 0.15) is 12.4 Å². The quantitative estimate of drug-likeness (QED) is 0.344. The van der Waals surface area contributed by atoms with E-state index in [2.05, 4.69) is 9.97 Å². The second-order valence-corrected chi connectivity index (χ2v) is 9.26. The van der Waals surface area contributed by atoms with E-state index in [1.54, 1.807) is 30.1 Å². The molecule has 1 aliphatic heterocycles. The van der Waals surface area contributed by atoms with Crippen molar-refractivity contribution in [3.8, 4) is 5.75 Å². The zero-order valence-electron chi connectivity index (χ0n) is 18.4. The van der Waals surface area contributed by atoms with Crippen LogP contribution in [0.15, 0.2) is 60.8 Å². The SMILES string of the molecule is O=C(O)CCSC1c2cc(/C=C/c3ccc4cc(F)c(F)cc4n3)ccc2OCc2ncccc21. The lowest BCUT2D eigenvalue weighted by Crippen LogP contribution is -2.04. The second-order valence-electron chi connectivity index (χ2n) is 8.05. The normalized spacial score (nSPS) is 14.9. The van der Waals surface area contributed by atoms with Gasteiger partial charge in [-0.3, -0.25) is 9.78 Å². The third kappa shape index (κ3) is 5.02. The van der Waals surface area contributed by atoms with Crippen molar-refractivity contribution in [2.75, 3.05) is 5.75 Å². The zero-order valence-corrected chi connectivity index (χ0v) is 19.3. The summed E-state index contributed by atoms with van der Waals surface area (Å²) < 4.78 is 33.1. The van der Waals surface area contributed by atoms with Gasteiger partial charge in [0, 0.05) is 29.0 Å². The predicted octanol–water partition coefficient (Wildman–Crippen LogP) is 6.27. The van der Waals surface area contributed by atoms with E-state index in [1.165, 1.54) is 0 Å². The van der Waals surface area contributed by atoms with Crippen molar-refractivity contribution in [3.63, 3.8) is 0 Å². The molecule has 2 aromatic heterocycles. The highest BCUT2D eigenvalue weighted by Crippen LogP contribution is 2.44. The van der Waals surface area contributed by atoms with E-state index in [4.69, 9.17) is 9.84 Å². The molecule has 2 aromatic carbocycles. The fourth-order valence-electron chi connectivity index (χ4n) is 3.98. The van der Waals surface area contributed by atoms with E-state index in [0.717, 1.165) is 40.3 Å². The van der Waals surface area contributed by atoms with Gasteiger partial charge in [-0.1, -0.05) is 24.3 Å². The Morgan fingerprint density at radius 2 is 1.94 bits per heavy atom. The lowest BCUT2D eigenvalue weighted by atomic mass is 10.0. The van der Waals surface area contributed by atoms with E-state index < -0.39 is 17.6 Å². The number of carboxylic acid groups (broad SMARTS) is 1. The Morgan fingerprint density at radius 3 is 2.80 bits per heavy atom. The molecule has 0 bridgehead atoms. The van der Waals surface area contributed by atoms with Crippen molar-refractivity contribution in [1.29, 1.82) is 0 Å². The Labute approximate surface area is 204 Å². The average molecular weight is 491 g/mol. The largest absolute Gasteiger partial charge is 0.487 e. The molecular formula is C27H20F2N2O3S. The van der Waals surface area contributed by atoms with Crippen LogP contribution in [-0.4, -0.2) is 26.8 Å². The molecule has 4 aromatic rings. The van der Waals surface area contributed by atoms with Crippen molar-refractivity contribution in [2.45, 2.75) is 18.3 Å². The lowest BCUT2D eigenvalue weighted by Gasteiger charge is -2.18. The van der Waals surface area contributed by atoms with Crippen LogP contribution in [0, 0.1) is 11.6 Å². The molecule has 0 amide bonds. The van der Waals surface area contributed by atoms with Gasteiger partial charge >= 0.3 is 5.97 Å². The molecule has 0 spiro atoms. The summed E-state index contributed by atoms with van der Waals surface area (Å²) in [6.45, 7) is 0.340. The summed E-state index contributed by atoms with van der Waals surface area (Å²) >= 11 is 1.55. The maximum absolute atomic E-state index is 13.6. The summed E-state index contributed by atoms with van der Waals surface area (Å²) in [6, 6.07) is 15.4. The van der Waals surface area contributed by atoms with Crippen molar-refractivity contribution < 1.29 is 23.4 Å². The average Bonchev–Trinajstić information content (AvgIpc) is 3.00. The molecule has 5 rings (SSSR count). The van der Waals surface area contributed by atoms with E-state index >= 15 is 0 Å². The van der Waals surface area contributed by atoms with Crippen LogP contribution in [0.5, 0.6) is 5.75 Å². The summed E-state index contributed by atoms with van der Waals surface area (Å²) in [4.78, 5) is 20.0. The van der Waals surface area contributed by atoms with Crippen LogP contribution in [0.1, 0.15) is 39.7 Å². The number of rotatable bonds is 6. The molecule has 0 fully saturated rings. The number of carbonyl (C=O) groups is 1. The number of halogens is 2. The van der Waals surface area contributed by atoms with E-state index in [0.29, 0.717) is 29.0 Å². The maximum Gasteiger partial charge on any atom is 0.304 e. The number of fused-ring (bicyclic) bond motifs is 3. The smallest absolute Gasteiger partial charge is 0.304 e. The Morgan fingerprint density at radius 1 is 1.09 bits per heavy atom. The first-order chi connectivity index (χ1) is 17.0. The Kier molecular flexibility index (Phi) is 6.46. The summed E-state index contributed by atoms with van der Waals surface area (Å²) in [5, 5.41) is 9.50. The van der Waals surface area contributed by atoms with Crippen LogP contribution in [0.3, 0.4) is 0 Å². The molecule has 0 saturated carbocycles. The van der Waals surface area contributed by atoms with Crippen LogP contribution in [0.4, 0.5) is 8.78 Å². The van der Waals surface area contributed by atoms with Crippen LogP contribution in [0.25, 0.3) is 23.1 Å². The number of aromatic nitrogens is 2. The van der Waals surface area contributed by atoms with Gasteiger partial charge in [-0.15, -0.1) is 11.8 Å². The highest BCUT2D eigenvalue weighted by Gasteiger charge is 2.26. The van der Waals surface area contributed by atoms with Crippen LogP contribution >= 0.6 is 11.8 Å². The first-order valence-electron chi connectivity index (χ1n) is 11.0. The minimum absolute atomic E-state index is 0.0602. The highest BCUT2D eigenvalue weighted by molar-refractivity contribution is 7.99. The first-order valence-corrected chi connectivity index (χ1v) is 12.0. The van der Waals surface area contributed by atoms with Gasteiger partial charge in [-0.25, -0.2) is 13.8 Å². The fraction of sp³-hybridized carbons (Fsp3) is 0.148. The molecule has 35 heavy (non-hydrogen) atoms. The summed E-state index contributed by atoms with van der Waals surface area (Å²) in [7, 11) is 0. The molecule has 8 heteroatoms. The summed E-state index contributed by atoms with van der Waals surface area (Å²) in [6.07, 6.45) is 5.48.